The highest BCUT2D eigenvalue weighted by atomic mass is 32.2. The SMILES string of the molecule is CCC(C(F)(F)C(CC)(CC)S(=O)(=O)O)S(=O)(=O)N1CCCCC1. The molecule has 0 radical (unpaired) electrons. The van der Waals surface area contributed by atoms with Crippen LogP contribution < -0.4 is 0 Å². The summed E-state index contributed by atoms with van der Waals surface area (Å²) in [5.74, 6) is -4.12. The lowest BCUT2D eigenvalue weighted by Crippen LogP contribution is -2.62. The molecule has 1 N–H and O–H groups in total. The van der Waals surface area contributed by atoms with Crippen molar-refractivity contribution in [1.82, 2.24) is 4.31 Å². The predicted octanol–water partition coefficient (Wildman–Crippen LogP) is 2.66. The number of piperidine rings is 1. The molecule has 1 rings (SSSR count). The molecule has 0 amide bonds. The predicted molar refractivity (Wildman–Crippen MR) is 88.2 cm³/mol. The van der Waals surface area contributed by atoms with E-state index in [1.54, 1.807) is 0 Å². The minimum Gasteiger partial charge on any atom is -0.285 e. The van der Waals surface area contributed by atoms with E-state index in [4.69, 9.17) is 0 Å². The lowest BCUT2D eigenvalue weighted by atomic mass is 9.91. The summed E-state index contributed by atoms with van der Waals surface area (Å²) < 4.78 is 87.1. The van der Waals surface area contributed by atoms with Crippen LogP contribution in [0.25, 0.3) is 0 Å². The molecular formula is C14H27F2NO5S2. The number of rotatable bonds is 8. The molecule has 0 aliphatic carbocycles. The molecule has 0 aromatic rings. The summed E-state index contributed by atoms with van der Waals surface area (Å²) in [5.41, 5.74) is 0. The third kappa shape index (κ3) is 3.47. The zero-order valence-electron chi connectivity index (χ0n) is 14.3. The van der Waals surface area contributed by atoms with Crippen molar-refractivity contribution >= 4 is 20.1 Å². The molecule has 1 atom stereocenters. The van der Waals surface area contributed by atoms with E-state index in [1.807, 2.05) is 0 Å². The molecule has 1 fully saturated rings. The molecule has 1 saturated heterocycles. The zero-order valence-corrected chi connectivity index (χ0v) is 16.0. The molecule has 1 aliphatic rings. The Hall–Kier alpha value is -0.320. The number of hydrogen-bond donors (Lipinski definition) is 1. The summed E-state index contributed by atoms with van der Waals surface area (Å²) in [4.78, 5) is 0. The smallest absolute Gasteiger partial charge is 0.285 e. The van der Waals surface area contributed by atoms with E-state index in [9.17, 15) is 21.4 Å². The van der Waals surface area contributed by atoms with Crippen molar-refractivity contribution in [2.24, 2.45) is 0 Å². The summed E-state index contributed by atoms with van der Waals surface area (Å²) in [6.45, 7) is 4.04. The van der Waals surface area contributed by atoms with E-state index in [1.165, 1.54) is 20.8 Å². The first-order chi connectivity index (χ1) is 10.9. The van der Waals surface area contributed by atoms with Gasteiger partial charge in [-0.1, -0.05) is 27.2 Å². The molecule has 10 heteroatoms. The van der Waals surface area contributed by atoms with E-state index < -0.39 is 55.3 Å². The first-order valence-corrected chi connectivity index (χ1v) is 11.2. The van der Waals surface area contributed by atoms with Gasteiger partial charge in [-0.25, -0.2) is 21.5 Å². The van der Waals surface area contributed by atoms with Crippen LogP contribution in [0.3, 0.4) is 0 Å². The van der Waals surface area contributed by atoms with Crippen molar-refractivity contribution in [3.63, 3.8) is 0 Å². The molecule has 0 saturated carbocycles. The summed E-state index contributed by atoms with van der Waals surface area (Å²) in [6.07, 6.45) is 0.405. The molecule has 1 heterocycles. The third-order valence-corrected chi connectivity index (χ3v) is 9.32. The monoisotopic (exact) mass is 391 g/mol. The van der Waals surface area contributed by atoms with Crippen molar-refractivity contribution in [2.45, 2.75) is 75.2 Å². The maximum absolute atomic E-state index is 15.2. The largest absolute Gasteiger partial charge is 0.287 e. The lowest BCUT2D eigenvalue weighted by Gasteiger charge is -2.41. The quantitative estimate of drug-likeness (QED) is 0.642. The van der Waals surface area contributed by atoms with Crippen LogP contribution in [0, 0.1) is 0 Å². The van der Waals surface area contributed by atoms with Gasteiger partial charge in [-0.2, -0.15) is 8.42 Å². The Kier molecular flexibility index (Phi) is 6.80. The fourth-order valence-electron chi connectivity index (χ4n) is 3.50. The Morgan fingerprint density at radius 2 is 1.46 bits per heavy atom. The van der Waals surface area contributed by atoms with Crippen molar-refractivity contribution in [1.29, 1.82) is 0 Å². The van der Waals surface area contributed by atoms with Crippen LogP contribution in [0.5, 0.6) is 0 Å². The topological polar surface area (TPSA) is 91.7 Å². The maximum atomic E-state index is 15.2. The molecule has 144 valence electrons. The van der Waals surface area contributed by atoms with E-state index >= 15 is 8.78 Å². The zero-order chi connectivity index (χ0) is 18.8. The molecule has 0 aromatic heterocycles. The van der Waals surface area contributed by atoms with E-state index in [2.05, 4.69) is 0 Å². The van der Waals surface area contributed by atoms with Gasteiger partial charge >= 0.3 is 0 Å². The van der Waals surface area contributed by atoms with Gasteiger partial charge in [-0.05, 0) is 32.1 Å². The normalized spacial score (nSPS) is 20.1. The van der Waals surface area contributed by atoms with Gasteiger partial charge in [0, 0.05) is 13.1 Å². The molecule has 0 bridgehead atoms. The summed E-state index contributed by atoms with van der Waals surface area (Å²) in [6, 6.07) is 0. The van der Waals surface area contributed by atoms with Crippen molar-refractivity contribution < 1.29 is 30.2 Å². The van der Waals surface area contributed by atoms with Gasteiger partial charge in [0.15, 0.2) is 4.75 Å². The Bertz CT molecular complexity index is 624. The summed E-state index contributed by atoms with van der Waals surface area (Å²) in [7, 11) is -9.55. The average Bonchev–Trinajstić information content (AvgIpc) is 2.48. The first-order valence-electron chi connectivity index (χ1n) is 8.26. The van der Waals surface area contributed by atoms with Crippen LogP contribution in [0.15, 0.2) is 0 Å². The molecule has 0 aromatic carbocycles. The second-order valence-corrected chi connectivity index (χ2v) is 10.0. The van der Waals surface area contributed by atoms with Crippen LogP contribution in [0.2, 0.25) is 0 Å². The Labute approximate surface area is 143 Å². The van der Waals surface area contributed by atoms with Crippen molar-refractivity contribution in [3.05, 3.63) is 0 Å². The molecule has 1 aliphatic heterocycles. The van der Waals surface area contributed by atoms with E-state index in [0.29, 0.717) is 12.8 Å². The van der Waals surface area contributed by atoms with Crippen molar-refractivity contribution in [3.8, 4) is 0 Å². The second kappa shape index (κ2) is 7.51. The van der Waals surface area contributed by atoms with Crippen LogP contribution in [-0.4, -0.2) is 54.7 Å². The highest BCUT2D eigenvalue weighted by molar-refractivity contribution is 7.90. The Morgan fingerprint density at radius 3 is 1.79 bits per heavy atom. The highest BCUT2D eigenvalue weighted by Crippen LogP contribution is 2.46. The number of nitrogens with zero attached hydrogens (tertiary/aromatic N) is 1. The fourth-order valence-corrected chi connectivity index (χ4v) is 6.94. The van der Waals surface area contributed by atoms with Gasteiger partial charge in [0.2, 0.25) is 10.0 Å². The van der Waals surface area contributed by atoms with E-state index in [-0.39, 0.29) is 13.1 Å². The van der Waals surface area contributed by atoms with Gasteiger partial charge in [0.25, 0.3) is 16.0 Å². The number of sulfonamides is 1. The molecule has 6 nitrogen and oxygen atoms in total. The first kappa shape index (κ1) is 21.7. The minimum atomic E-state index is -5.16. The van der Waals surface area contributed by atoms with Gasteiger partial charge < -0.3 is 0 Å². The van der Waals surface area contributed by atoms with Crippen LogP contribution in [0.1, 0.15) is 59.3 Å². The fraction of sp³-hybridized carbons (Fsp3) is 1.00. The Balaban J connectivity index is 3.44. The second-order valence-electron chi connectivity index (χ2n) is 6.20. The van der Waals surface area contributed by atoms with E-state index in [0.717, 1.165) is 10.7 Å². The highest BCUT2D eigenvalue weighted by Gasteiger charge is 2.66. The summed E-state index contributed by atoms with van der Waals surface area (Å²) in [5, 5.41) is -2.19. The Morgan fingerprint density at radius 1 is 1.00 bits per heavy atom. The molecule has 0 spiro atoms. The third-order valence-electron chi connectivity index (χ3n) is 5.05. The molecular weight excluding hydrogens is 364 g/mol. The average molecular weight is 392 g/mol. The number of hydrogen-bond acceptors (Lipinski definition) is 4. The number of halogens is 2. The lowest BCUT2D eigenvalue weighted by molar-refractivity contribution is -0.0539. The molecule has 24 heavy (non-hydrogen) atoms. The number of alkyl halides is 2. The van der Waals surface area contributed by atoms with Crippen LogP contribution >= 0.6 is 0 Å². The standard InChI is InChI=1S/C14H27F2NO5S2/c1-4-12(23(18,19)17-10-8-7-9-11-17)14(15,16)13(5-2,6-3)24(20,21)22/h12H,4-11H2,1-3H3,(H,20,21,22). The van der Waals surface area contributed by atoms with Crippen LogP contribution in [-0.2, 0) is 20.1 Å². The van der Waals surface area contributed by atoms with Crippen molar-refractivity contribution in [2.75, 3.05) is 13.1 Å². The summed E-state index contributed by atoms with van der Waals surface area (Å²) >= 11 is 0. The van der Waals surface area contributed by atoms with Crippen LogP contribution in [0.4, 0.5) is 8.78 Å². The van der Waals surface area contributed by atoms with Gasteiger partial charge in [0.1, 0.15) is 5.25 Å². The maximum Gasteiger partial charge on any atom is 0.287 e. The van der Waals surface area contributed by atoms with Gasteiger partial charge in [0.05, 0.1) is 0 Å². The minimum absolute atomic E-state index is 0.159. The van der Waals surface area contributed by atoms with Gasteiger partial charge in [-0.3, -0.25) is 4.55 Å². The molecule has 1 unspecified atom stereocenters. The van der Waals surface area contributed by atoms with Gasteiger partial charge in [-0.15, -0.1) is 0 Å².